The van der Waals surface area contributed by atoms with E-state index in [1.807, 2.05) is 37.3 Å². The van der Waals surface area contributed by atoms with Gasteiger partial charge in [-0.15, -0.1) is 0 Å². The Bertz CT molecular complexity index is 950. The number of nitrogens with one attached hydrogen (secondary N) is 2. The Morgan fingerprint density at radius 1 is 1.17 bits per heavy atom. The summed E-state index contributed by atoms with van der Waals surface area (Å²) in [5.41, 5.74) is 2.64. The molecule has 0 spiro atoms. The molecule has 1 atom stereocenters. The van der Waals surface area contributed by atoms with Gasteiger partial charge in [-0.25, -0.2) is 0 Å². The molecule has 0 aromatic heterocycles. The molecule has 1 heterocycles. The van der Waals surface area contributed by atoms with Crippen LogP contribution in [0, 0.1) is 18.3 Å². The lowest BCUT2D eigenvalue weighted by atomic mass is 10.0. The summed E-state index contributed by atoms with van der Waals surface area (Å²) in [7, 11) is 0. The zero-order valence-electron chi connectivity index (χ0n) is 16.7. The number of hydrogen-bond acceptors (Lipinski definition) is 5. The van der Waals surface area contributed by atoms with Crippen LogP contribution < -0.4 is 10.6 Å². The quantitative estimate of drug-likeness (QED) is 0.717. The van der Waals surface area contributed by atoms with Gasteiger partial charge in [-0.05, 0) is 30.7 Å². The van der Waals surface area contributed by atoms with Gasteiger partial charge in [-0.2, -0.15) is 5.26 Å². The van der Waals surface area contributed by atoms with Crippen molar-refractivity contribution in [1.82, 2.24) is 10.2 Å². The van der Waals surface area contributed by atoms with Gasteiger partial charge in [0.2, 0.25) is 0 Å². The van der Waals surface area contributed by atoms with E-state index in [1.54, 1.807) is 6.07 Å². The number of anilines is 1. The Hall–Kier alpha value is -2.92. The number of amides is 2. The van der Waals surface area contributed by atoms with Crippen LogP contribution in [0.1, 0.15) is 22.7 Å². The molecule has 0 bridgehead atoms. The second kappa shape index (κ2) is 10.2. The van der Waals surface area contributed by atoms with Crippen LogP contribution in [-0.4, -0.2) is 49.6 Å². The molecule has 3 rings (SSSR count). The van der Waals surface area contributed by atoms with Crippen LogP contribution in [0.5, 0.6) is 0 Å². The van der Waals surface area contributed by atoms with Crippen molar-refractivity contribution in [2.45, 2.75) is 13.0 Å². The predicted octanol–water partition coefficient (Wildman–Crippen LogP) is 2.65. The first-order valence-electron chi connectivity index (χ1n) is 9.65. The summed E-state index contributed by atoms with van der Waals surface area (Å²) < 4.78 is 5.44. The smallest absolute Gasteiger partial charge is 0.313 e. The normalized spacial score (nSPS) is 15.1. The highest BCUT2D eigenvalue weighted by Crippen LogP contribution is 2.22. The molecule has 2 aromatic rings. The number of nitrogens with zero attached hydrogens (tertiary/aromatic N) is 2. The van der Waals surface area contributed by atoms with Crippen molar-refractivity contribution < 1.29 is 14.3 Å². The van der Waals surface area contributed by atoms with Crippen molar-refractivity contribution in [3.63, 3.8) is 0 Å². The molecular formula is C22H23ClN4O3. The molecule has 1 saturated heterocycles. The number of benzene rings is 2. The molecule has 2 amide bonds. The molecule has 156 valence electrons. The molecule has 0 radical (unpaired) electrons. The monoisotopic (exact) mass is 426 g/mol. The first-order valence-corrected chi connectivity index (χ1v) is 10.0. The first-order chi connectivity index (χ1) is 14.5. The number of halogens is 1. The third kappa shape index (κ3) is 5.57. The maximum Gasteiger partial charge on any atom is 0.313 e. The number of ether oxygens (including phenoxy) is 1. The number of morpholine rings is 1. The van der Waals surface area contributed by atoms with E-state index in [4.69, 9.17) is 21.6 Å². The summed E-state index contributed by atoms with van der Waals surface area (Å²) in [4.78, 5) is 27.0. The lowest BCUT2D eigenvalue weighted by Gasteiger charge is -2.35. The van der Waals surface area contributed by atoms with Gasteiger partial charge in [0.1, 0.15) is 6.07 Å². The molecule has 0 unspecified atom stereocenters. The highest BCUT2D eigenvalue weighted by molar-refractivity contribution is 6.40. The Balaban J connectivity index is 1.68. The minimum Gasteiger partial charge on any atom is -0.379 e. The van der Waals surface area contributed by atoms with Gasteiger partial charge in [0.15, 0.2) is 0 Å². The lowest BCUT2D eigenvalue weighted by Crippen LogP contribution is -2.45. The van der Waals surface area contributed by atoms with Crippen molar-refractivity contribution in [2.75, 3.05) is 38.2 Å². The summed E-state index contributed by atoms with van der Waals surface area (Å²) >= 11 is 5.93. The molecule has 1 aliphatic rings. The third-order valence-corrected chi connectivity index (χ3v) is 5.20. The van der Waals surface area contributed by atoms with Crippen molar-refractivity contribution in [1.29, 1.82) is 5.26 Å². The summed E-state index contributed by atoms with van der Waals surface area (Å²) in [6.45, 7) is 5.04. The van der Waals surface area contributed by atoms with Crippen molar-refractivity contribution in [3.05, 3.63) is 64.2 Å². The van der Waals surface area contributed by atoms with E-state index in [0.717, 1.165) is 24.2 Å². The number of nitriles is 1. The zero-order chi connectivity index (χ0) is 21.5. The van der Waals surface area contributed by atoms with E-state index in [0.29, 0.717) is 18.2 Å². The molecule has 1 fully saturated rings. The molecule has 0 saturated carbocycles. The summed E-state index contributed by atoms with van der Waals surface area (Å²) in [6, 6.07) is 14.5. The SMILES string of the molecule is Cc1ccc([C@@H](CNC(=O)C(=O)Nc2cc(Cl)ccc2C#N)N2CCOCC2)cc1. The van der Waals surface area contributed by atoms with Crippen LogP contribution in [0.25, 0.3) is 0 Å². The largest absolute Gasteiger partial charge is 0.379 e. The number of hydrogen-bond donors (Lipinski definition) is 2. The van der Waals surface area contributed by atoms with E-state index < -0.39 is 11.8 Å². The van der Waals surface area contributed by atoms with Crippen LogP contribution in [0.2, 0.25) is 5.02 Å². The van der Waals surface area contributed by atoms with Gasteiger partial charge < -0.3 is 15.4 Å². The molecule has 30 heavy (non-hydrogen) atoms. The van der Waals surface area contributed by atoms with Crippen LogP contribution in [-0.2, 0) is 14.3 Å². The second-order valence-electron chi connectivity index (χ2n) is 7.04. The summed E-state index contributed by atoms with van der Waals surface area (Å²) in [5.74, 6) is -1.62. The van der Waals surface area contributed by atoms with Crippen LogP contribution in [0.15, 0.2) is 42.5 Å². The fourth-order valence-electron chi connectivity index (χ4n) is 3.30. The molecule has 2 aromatic carbocycles. The number of rotatable bonds is 5. The number of carbonyl (C=O) groups is 2. The summed E-state index contributed by atoms with van der Waals surface area (Å²) in [5, 5.41) is 14.7. The van der Waals surface area contributed by atoms with Gasteiger partial charge >= 0.3 is 11.8 Å². The van der Waals surface area contributed by atoms with Gasteiger partial charge in [-0.3, -0.25) is 14.5 Å². The van der Waals surface area contributed by atoms with E-state index >= 15 is 0 Å². The molecule has 2 N–H and O–H groups in total. The van der Waals surface area contributed by atoms with E-state index in [-0.39, 0.29) is 23.8 Å². The fourth-order valence-corrected chi connectivity index (χ4v) is 3.47. The van der Waals surface area contributed by atoms with Crippen LogP contribution in [0.4, 0.5) is 5.69 Å². The Labute approximate surface area is 180 Å². The fraction of sp³-hybridized carbons (Fsp3) is 0.318. The topological polar surface area (TPSA) is 94.5 Å². The first kappa shape index (κ1) is 21.8. The number of aryl methyl sites for hydroxylation is 1. The molecular weight excluding hydrogens is 404 g/mol. The predicted molar refractivity (Wildman–Crippen MR) is 114 cm³/mol. The van der Waals surface area contributed by atoms with Gasteiger partial charge in [0, 0.05) is 24.7 Å². The van der Waals surface area contributed by atoms with Gasteiger partial charge in [0.05, 0.1) is 30.5 Å². The van der Waals surface area contributed by atoms with E-state index in [9.17, 15) is 9.59 Å². The standard InChI is InChI=1S/C22H23ClN4O3/c1-15-2-4-16(5-3-15)20(27-8-10-30-11-9-27)14-25-21(28)22(29)26-19-12-18(23)7-6-17(19)13-24/h2-7,12,20H,8-11,14H2,1H3,(H,25,28)(H,26,29)/t20-/m1/s1. The second-order valence-corrected chi connectivity index (χ2v) is 7.48. The van der Waals surface area contributed by atoms with Crippen molar-refractivity contribution in [2.24, 2.45) is 0 Å². The zero-order valence-corrected chi connectivity index (χ0v) is 17.4. The Morgan fingerprint density at radius 2 is 1.87 bits per heavy atom. The van der Waals surface area contributed by atoms with Crippen LogP contribution >= 0.6 is 11.6 Å². The van der Waals surface area contributed by atoms with E-state index in [2.05, 4.69) is 15.5 Å². The van der Waals surface area contributed by atoms with E-state index in [1.165, 1.54) is 12.1 Å². The average molecular weight is 427 g/mol. The molecule has 8 heteroatoms. The van der Waals surface area contributed by atoms with Gasteiger partial charge in [-0.1, -0.05) is 41.4 Å². The number of carbonyl (C=O) groups excluding carboxylic acids is 2. The average Bonchev–Trinajstić information content (AvgIpc) is 2.76. The lowest BCUT2D eigenvalue weighted by molar-refractivity contribution is -0.136. The molecule has 0 aliphatic carbocycles. The molecule has 1 aliphatic heterocycles. The summed E-state index contributed by atoms with van der Waals surface area (Å²) in [6.07, 6.45) is 0. The maximum absolute atomic E-state index is 12.4. The minimum absolute atomic E-state index is 0.0768. The van der Waals surface area contributed by atoms with Crippen LogP contribution in [0.3, 0.4) is 0 Å². The minimum atomic E-state index is -0.849. The highest BCUT2D eigenvalue weighted by atomic mass is 35.5. The highest BCUT2D eigenvalue weighted by Gasteiger charge is 2.24. The Morgan fingerprint density at radius 3 is 2.53 bits per heavy atom. The van der Waals surface area contributed by atoms with Crippen molar-refractivity contribution in [3.8, 4) is 6.07 Å². The molecule has 7 nitrogen and oxygen atoms in total. The van der Waals surface area contributed by atoms with Gasteiger partial charge in [0.25, 0.3) is 0 Å². The third-order valence-electron chi connectivity index (χ3n) is 4.96. The Kier molecular flexibility index (Phi) is 7.41. The maximum atomic E-state index is 12.4. The van der Waals surface area contributed by atoms with Crippen molar-refractivity contribution >= 4 is 29.1 Å².